The van der Waals surface area contributed by atoms with E-state index in [1.807, 2.05) is 19.1 Å². The summed E-state index contributed by atoms with van der Waals surface area (Å²) in [7, 11) is 0. The van der Waals surface area contributed by atoms with Crippen LogP contribution in [0.5, 0.6) is 5.75 Å². The molecule has 0 heterocycles. The molecular formula is C15H13BrFNO2. The van der Waals surface area contributed by atoms with Crippen molar-refractivity contribution in [1.82, 2.24) is 0 Å². The Balaban J connectivity index is 2.28. The summed E-state index contributed by atoms with van der Waals surface area (Å²) in [6.07, 6.45) is 0.754. The molecule has 20 heavy (non-hydrogen) atoms. The zero-order chi connectivity index (χ0) is 14.7. The highest BCUT2D eigenvalue weighted by molar-refractivity contribution is 9.10. The highest BCUT2D eigenvalue weighted by Gasteiger charge is 2.13. The Bertz CT molecular complexity index is 658. The topological polar surface area (TPSA) is 49.3 Å². The van der Waals surface area contributed by atoms with Gasteiger partial charge in [0.25, 0.3) is 5.91 Å². The first-order valence-electron chi connectivity index (χ1n) is 6.09. The largest absolute Gasteiger partial charge is 0.507 e. The molecule has 0 radical (unpaired) electrons. The number of phenols is 1. The molecule has 0 aliphatic heterocycles. The van der Waals surface area contributed by atoms with Crippen molar-refractivity contribution in [3.63, 3.8) is 0 Å². The van der Waals surface area contributed by atoms with Gasteiger partial charge in [-0.1, -0.05) is 22.9 Å². The summed E-state index contributed by atoms with van der Waals surface area (Å²) in [6, 6.07) is 8.82. The molecule has 5 heteroatoms. The minimum Gasteiger partial charge on any atom is -0.507 e. The van der Waals surface area contributed by atoms with E-state index in [4.69, 9.17) is 0 Å². The number of hydrogen-bond acceptors (Lipinski definition) is 2. The molecule has 0 bridgehead atoms. The van der Waals surface area contributed by atoms with Crippen molar-refractivity contribution in [2.24, 2.45) is 0 Å². The van der Waals surface area contributed by atoms with Crippen molar-refractivity contribution in [3.8, 4) is 5.75 Å². The molecule has 0 saturated heterocycles. The molecule has 104 valence electrons. The number of aryl methyl sites for hydroxylation is 1. The van der Waals surface area contributed by atoms with Gasteiger partial charge in [-0.15, -0.1) is 0 Å². The molecular weight excluding hydrogens is 325 g/mol. The number of carbonyl (C=O) groups excluding carboxylic acids is 1. The van der Waals surface area contributed by atoms with Gasteiger partial charge in [-0.3, -0.25) is 4.79 Å². The molecule has 0 spiro atoms. The van der Waals surface area contributed by atoms with E-state index in [0.717, 1.165) is 28.6 Å². The van der Waals surface area contributed by atoms with E-state index >= 15 is 0 Å². The number of nitrogens with one attached hydrogen (secondary N) is 1. The molecule has 0 aliphatic carbocycles. The van der Waals surface area contributed by atoms with Gasteiger partial charge in [0.15, 0.2) is 0 Å². The number of anilines is 1. The van der Waals surface area contributed by atoms with E-state index in [2.05, 4.69) is 21.2 Å². The fourth-order valence-corrected chi connectivity index (χ4v) is 2.27. The van der Waals surface area contributed by atoms with E-state index < -0.39 is 11.7 Å². The standard InChI is InChI=1S/C15H13BrFNO2/c1-2-9-7-10(16)3-6-13(9)18-15(20)12-5-4-11(17)8-14(12)19/h3-8,19H,2H2,1H3,(H,18,20). The van der Waals surface area contributed by atoms with Gasteiger partial charge >= 0.3 is 0 Å². The molecule has 2 aromatic rings. The average molecular weight is 338 g/mol. The third kappa shape index (κ3) is 3.17. The Hall–Kier alpha value is -1.88. The molecule has 1 amide bonds. The van der Waals surface area contributed by atoms with Crippen LogP contribution in [0.4, 0.5) is 10.1 Å². The number of aromatic hydroxyl groups is 1. The second-order valence-electron chi connectivity index (χ2n) is 4.27. The molecule has 0 unspecified atom stereocenters. The van der Waals surface area contributed by atoms with E-state index in [0.29, 0.717) is 5.69 Å². The van der Waals surface area contributed by atoms with Crippen LogP contribution >= 0.6 is 15.9 Å². The Morgan fingerprint density at radius 1 is 1.30 bits per heavy atom. The first-order chi connectivity index (χ1) is 9.51. The van der Waals surface area contributed by atoms with Crippen LogP contribution in [0.1, 0.15) is 22.8 Å². The van der Waals surface area contributed by atoms with E-state index in [9.17, 15) is 14.3 Å². The molecule has 2 N–H and O–H groups in total. The van der Waals surface area contributed by atoms with Gasteiger partial charge in [0.05, 0.1) is 5.56 Å². The molecule has 3 nitrogen and oxygen atoms in total. The number of benzene rings is 2. The van der Waals surface area contributed by atoms with Crippen LogP contribution < -0.4 is 5.32 Å². The highest BCUT2D eigenvalue weighted by Crippen LogP contribution is 2.24. The highest BCUT2D eigenvalue weighted by atomic mass is 79.9. The molecule has 2 rings (SSSR count). The van der Waals surface area contributed by atoms with E-state index in [-0.39, 0.29) is 11.3 Å². The molecule has 0 atom stereocenters. The van der Waals surface area contributed by atoms with Crippen molar-refractivity contribution in [2.45, 2.75) is 13.3 Å². The Labute approximate surface area is 124 Å². The maximum atomic E-state index is 12.9. The smallest absolute Gasteiger partial charge is 0.259 e. The zero-order valence-corrected chi connectivity index (χ0v) is 12.4. The van der Waals surface area contributed by atoms with Crippen LogP contribution in [0.3, 0.4) is 0 Å². The molecule has 2 aromatic carbocycles. The predicted molar refractivity (Wildman–Crippen MR) is 79.5 cm³/mol. The van der Waals surface area contributed by atoms with Crippen LogP contribution in [-0.2, 0) is 6.42 Å². The summed E-state index contributed by atoms with van der Waals surface area (Å²) in [6.45, 7) is 1.98. The maximum Gasteiger partial charge on any atom is 0.259 e. The maximum absolute atomic E-state index is 12.9. The summed E-state index contributed by atoms with van der Waals surface area (Å²) in [5.41, 5.74) is 1.68. The summed E-state index contributed by atoms with van der Waals surface area (Å²) in [5, 5.41) is 12.3. The van der Waals surface area contributed by atoms with Gasteiger partial charge < -0.3 is 10.4 Å². The number of carbonyl (C=O) groups is 1. The molecule has 0 aliphatic rings. The molecule has 0 fully saturated rings. The minimum atomic E-state index is -0.586. The van der Waals surface area contributed by atoms with Gasteiger partial charge in [-0.05, 0) is 42.3 Å². The lowest BCUT2D eigenvalue weighted by atomic mass is 10.1. The first kappa shape index (κ1) is 14.5. The average Bonchev–Trinajstić information content (AvgIpc) is 2.40. The fraction of sp³-hybridized carbons (Fsp3) is 0.133. The van der Waals surface area contributed by atoms with Crippen LogP contribution in [0.2, 0.25) is 0 Å². The number of rotatable bonds is 3. The number of phenolic OH excluding ortho intramolecular Hbond substituents is 1. The quantitative estimate of drug-likeness (QED) is 0.885. The lowest BCUT2D eigenvalue weighted by molar-refractivity contribution is 0.102. The predicted octanol–water partition coefficient (Wildman–Crippen LogP) is 4.11. The van der Waals surface area contributed by atoms with Crippen molar-refractivity contribution in [2.75, 3.05) is 5.32 Å². The van der Waals surface area contributed by atoms with E-state index in [1.165, 1.54) is 6.07 Å². The Kier molecular flexibility index (Phi) is 4.39. The summed E-state index contributed by atoms with van der Waals surface area (Å²) >= 11 is 3.37. The number of amides is 1. The first-order valence-corrected chi connectivity index (χ1v) is 6.89. The third-order valence-electron chi connectivity index (χ3n) is 2.90. The van der Waals surface area contributed by atoms with Crippen LogP contribution in [-0.4, -0.2) is 11.0 Å². The second kappa shape index (κ2) is 6.05. The van der Waals surface area contributed by atoms with Gasteiger partial charge in [0.1, 0.15) is 11.6 Å². The fourth-order valence-electron chi connectivity index (χ4n) is 1.86. The summed E-state index contributed by atoms with van der Waals surface area (Å²) in [4.78, 5) is 12.1. The normalized spacial score (nSPS) is 10.3. The van der Waals surface area contributed by atoms with Crippen molar-refractivity contribution >= 4 is 27.5 Å². The van der Waals surface area contributed by atoms with E-state index in [1.54, 1.807) is 6.07 Å². The Morgan fingerprint density at radius 3 is 2.70 bits per heavy atom. The molecule has 0 saturated carbocycles. The van der Waals surface area contributed by atoms with Crippen molar-refractivity contribution in [3.05, 3.63) is 57.8 Å². The van der Waals surface area contributed by atoms with Crippen molar-refractivity contribution in [1.29, 1.82) is 0 Å². The van der Waals surface area contributed by atoms with Gasteiger partial charge in [-0.25, -0.2) is 4.39 Å². The monoisotopic (exact) mass is 337 g/mol. The summed E-state index contributed by atoms with van der Waals surface area (Å²) < 4.78 is 13.8. The number of hydrogen-bond donors (Lipinski definition) is 2. The Morgan fingerprint density at radius 2 is 2.05 bits per heavy atom. The zero-order valence-electron chi connectivity index (χ0n) is 10.8. The van der Waals surface area contributed by atoms with Gasteiger partial charge in [-0.2, -0.15) is 0 Å². The van der Waals surface area contributed by atoms with Crippen LogP contribution in [0, 0.1) is 5.82 Å². The molecule has 0 aromatic heterocycles. The number of halogens is 2. The van der Waals surface area contributed by atoms with Gasteiger partial charge in [0.2, 0.25) is 0 Å². The van der Waals surface area contributed by atoms with Crippen LogP contribution in [0.15, 0.2) is 40.9 Å². The third-order valence-corrected chi connectivity index (χ3v) is 3.39. The minimum absolute atomic E-state index is 0.0383. The SMILES string of the molecule is CCc1cc(Br)ccc1NC(=O)c1ccc(F)cc1O. The second-order valence-corrected chi connectivity index (χ2v) is 5.19. The van der Waals surface area contributed by atoms with Crippen LogP contribution in [0.25, 0.3) is 0 Å². The lowest BCUT2D eigenvalue weighted by Crippen LogP contribution is -2.13. The summed E-state index contributed by atoms with van der Waals surface area (Å²) in [5.74, 6) is -1.44. The van der Waals surface area contributed by atoms with Gasteiger partial charge in [0, 0.05) is 16.2 Å². The van der Waals surface area contributed by atoms with Crippen molar-refractivity contribution < 1.29 is 14.3 Å². The lowest BCUT2D eigenvalue weighted by Gasteiger charge is -2.11.